The molecule has 9 nitrogen and oxygen atoms in total. The Hall–Kier alpha value is -2.91. The molecule has 1 aliphatic carbocycles. The van der Waals surface area contributed by atoms with Gasteiger partial charge in [0, 0.05) is 50.7 Å². The number of nitrogens with one attached hydrogen (secondary N) is 1. The second-order valence-corrected chi connectivity index (χ2v) is 10.9. The molecule has 9 heteroatoms. The number of primary amides is 1. The van der Waals surface area contributed by atoms with E-state index in [1.807, 2.05) is 41.0 Å². The number of para-hydroxylation sites is 1. The number of nitrogens with zero attached hydrogens (tertiary/aromatic N) is 3. The van der Waals surface area contributed by atoms with Gasteiger partial charge >= 0.3 is 0 Å². The van der Waals surface area contributed by atoms with Gasteiger partial charge in [-0.15, -0.1) is 0 Å². The van der Waals surface area contributed by atoms with E-state index in [2.05, 4.69) is 9.88 Å². The van der Waals surface area contributed by atoms with Gasteiger partial charge in [0.05, 0.1) is 12.5 Å². The Morgan fingerprint density at radius 2 is 1.71 bits per heavy atom. The zero-order valence-corrected chi connectivity index (χ0v) is 23.3. The molecule has 0 radical (unpaired) electrons. The summed E-state index contributed by atoms with van der Waals surface area (Å²) in [6.07, 6.45) is 5.12. The van der Waals surface area contributed by atoms with Gasteiger partial charge in [0.25, 0.3) is 5.91 Å². The van der Waals surface area contributed by atoms with Crippen molar-refractivity contribution in [1.82, 2.24) is 19.7 Å². The molecule has 2 aromatic rings. The molecule has 1 aromatic carbocycles. The lowest BCUT2D eigenvalue weighted by Gasteiger charge is -2.44. The van der Waals surface area contributed by atoms with Gasteiger partial charge in [-0.3, -0.25) is 14.4 Å². The Morgan fingerprint density at radius 1 is 1.08 bits per heavy atom. The number of methoxy groups -OCH3 is 1. The summed E-state index contributed by atoms with van der Waals surface area (Å²) in [5.74, 6) is -0.976. The number of aryl methyl sites for hydroxylation is 1. The van der Waals surface area contributed by atoms with Gasteiger partial charge in [-0.1, -0.05) is 37.5 Å². The number of hydrogen-bond donors (Lipinski definition) is 2. The topological polar surface area (TPSA) is 110 Å². The number of hydrogen-bond acceptors (Lipinski definition) is 5. The van der Waals surface area contributed by atoms with Crippen molar-refractivity contribution in [2.45, 2.75) is 58.0 Å². The highest BCUT2D eigenvalue weighted by Crippen LogP contribution is 2.37. The lowest BCUT2D eigenvalue weighted by Crippen LogP contribution is -2.64. The van der Waals surface area contributed by atoms with Crippen molar-refractivity contribution in [3.05, 3.63) is 35.5 Å². The Morgan fingerprint density at radius 3 is 2.32 bits per heavy atom. The zero-order valence-electron chi connectivity index (χ0n) is 23.3. The molecule has 3 amide bonds. The molecule has 1 aromatic heterocycles. The number of piperazine rings is 1. The van der Waals surface area contributed by atoms with Gasteiger partial charge in [0.1, 0.15) is 11.2 Å². The van der Waals surface area contributed by atoms with Crippen molar-refractivity contribution in [2.75, 3.05) is 46.9 Å². The fourth-order valence-corrected chi connectivity index (χ4v) is 6.46. The van der Waals surface area contributed by atoms with Crippen LogP contribution >= 0.6 is 0 Å². The lowest BCUT2D eigenvalue weighted by molar-refractivity contribution is -0.147. The highest BCUT2D eigenvalue weighted by molar-refractivity contribution is 6.02. The average molecular weight is 526 g/mol. The van der Waals surface area contributed by atoms with E-state index in [0.29, 0.717) is 45.0 Å². The minimum atomic E-state index is -1.12. The molecule has 38 heavy (non-hydrogen) atoms. The van der Waals surface area contributed by atoms with Gasteiger partial charge in [-0.25, -0.2) is 0 Å². The van der Waals surface area contributed by atoms with Crippen LogP contribution in [0.3, 0.4) is 0 Å². The third-order valence-electron chi connectivity index (χ3n) is 8.86. The first-order chi connectivity index (χ1) is 18.2. The van der Waals surface area contributed by atoms with Crippen LogP contribution in [-0.4, -0.2) is 84.6 Å². The number of ether oxygens (including phenoxy) is 1. The van der Waals surface area contributed by atoms with E-state index in [1.165, 1.54) is 0 Å². The fourth-order valence-electron chi connectivity index (χ4n) is 6.46. The van der Waals surface area contributed by atoms with Gasteiger partial charge in [-0.2, -0.15) is 0 Å². The van der Waals surface area contributed by atoms with Crippen LogP contribution in [0.15, 0.2) is 24.3 Å². The maximum Gasteiger partial charge on any atom is 0.270 e. The SMILES string of the molecule is CNC(C)(C(N)=O)[C@@H](C(=O)N1CCN(C(=O)c2c(C)c3ccccc3n2CCOC)CC1)C1CCCCC1. The van der Waals surface area contributed by atoms with Crippen molar-refractivity contribution in [1.29, 1.82) is 0 Å². The first-order valence-corrected chi connectivity index (χ1v) is 13.9. The summed E-state index contributed by atoms with van der Waals surface area (Å²) in [7, 11) is 3.36. The quantitative estimate of drug-likeness (QED) is 0.523. The van der Waals surface area contributed by atoms with E-state index in [1.54, 1.807) is 21.1 Å². The molecule has 1 saturated carbocycles. The van der Waals surface area contributed by atoms with Crippen LogP contribution in [0, 0.1) is 18.8 Å². The minimum absolute atomic E-state index is 0.0251. The summed E-state index contributed by atoms with van der Waals surface area (Å²) in [5.41, 5.74) is 7.38. The lowest BCUT2D eigenvalue weighted by atomic mass is 9.69. The molecule has 1 saturated heterocycles. The maximum absolute atomic E-state index is 14.0. The highest BCUT2D eigenvalue weighted by Gasteiger charge is 2.49. The fraction of sp³-hybridized carbons (Fsp3) is 0.621. The number of nitrogens with two attached hydrogens (primary N) is 1. The van der Waals surface area contributed by atoms with Crippen molar-refractivity contribution in [3.8, 4) is 0 Å². The molecular weight excluding hydrogens is 482 g/mol. The molecule has 2 fully saturated rings. The second-order valence-electron chi connectivity index (χ2n) is 10.9. The van der Waals surface area contributed by atoms with Crippen LogP contribution in [0.4, 0.5) is 0 Å². The number of rotatable bonds is 9. The summed E-state index contributed by atoms with van der Waals surface area (Å²) < 4.78 is 7.38. The largest absolute Gasteiger partial charge is 0.383 e. The first-order valence-electron chi connectivity index (χ1n) is 13.9. The third-order valence-corrected chi connectivity index (χ3v) is 8.86. The molecule has 1 unspecified atom stereocenters. The number of benzene rings is 1. The molecular formula is C29H43N5O4. The van der Waals surface area contributed by atoms with Crippen molar-refractivity contribution in [3.63, 3.8) is 0 Å². The summed E-state index contributed by atoms with van der Waals surface area (Å²) in [6, 6.07) is 8.05. The molecule has 2 heterocycles. The summed E-state index contributed by atoms with van der Waals surface area (Å²) >= 11 is 0. The Bertz CT molecular complexity index is 1160. The highest BCUT2D eigenvalue weighted by atomic mass is 16.5. The number of likely N-dealkylation sites (N-methyl/N-ethyl adjacent to an activating group) is 1. The van der Waals surface area contributed by atoms with E-state index in [9.17, 15) is 14.4 Å². The number of amides is 3. The van der Waals surface area contributed by atoms with Crippen LogP contribution in [0.2, 0.25) is 0 Å². The summed E-state index contributed by atoms with van der Waals surface area (Å²) in [4.78, 5) is 44.0. The number of fused-ring (bicyclic) bond motifs is 1. The molecule has 3 N–H and O–H groups in total. The molecule has 1 aliphatic heterocycles. The normalized spacial score (nSPS) is 19.4. The number of aromatic nitrogens is 1. The van der Waals surface area contributed by atoms with E-state index in [4.69, 9.17) is 10.5 Å². The summed E-state index contributed by atoms with van der Waals surface area (Å²) in [6.45, 7) is 6.60. The predicted molar refractivity (Wildman–Crippen MR) is 148 cm³/mol. The van der Waals surface area contributed by atoms with Crippen LogP contribution < -0.4 is 11.1 Å². The number of carbonyl (C=O) groups is 3. The van der Waals surface area contributed by atoms with Gasteiger partial charge in [0.2, 0.25) is 11.8 Å². The van der Waals surface area contributed by atoms with Crippen LogP contribution in [0.1, 0.15) is 55.1 Å². The smallest absolute Gasteiger partial charge is 0.270 e. The first kappa shape index (κ1) is 28.1. The van der Waals surface area contributed by atoms with E-state index < -0.39 is 17.4 Å². The van der Waals surface area contributed by atoms with E-state index in [0.717, 1.165) is 48.6 Å². The predicted octanol–water partition coefficient (Wildman–Crippen LogP) is 2.54. The van der Waals surface area contributed by atoms with Crippen molar-refractivity contribution < 1.29 is 19.1 Å². The molecule has 0 spiro atoms. The van der Waals surface area contributed by atoms with Crippen molar-refractivity contribution in [2.24, 2.45) is 17.6 Å². The molecule has 2 atom stereocenters. The van der Waals surface area contributed by atoms with Crippen LogP contribution in [0.5, 0.6) is 0 Å². The molecule has 4 rings (SSSR count). The molecule has 208 valence electrons. The van der Waals surface area contributed by atoms with Crippen LogP contribution in [-0.2, 0) is 20.9 Å². The van der Waals surface area contributed by atoms with E-state index >= 15 is 0 Å². The Balaban J connectivity index is 1.53. The standard InChI is InChI=1S/C29H43N5O4/c1-20-22-12-8-9-13-23(22)34(18-19-38-4)25(20)27(36)33-16-14-32(15-17-33)26(35)24(21-10-6-5-7-11-21)29(2,31-3)28(30)37/h8-9,12-13,21,24,31H,5-7,10-11,14-19H2,1-4H3,(H2,30,37)/t24-,29?/m1/s1. The van der Waals surface area contributed by atoms with Gasteiger partial charge in [-0.05, 0) is 51.3 Å². The van der Waals surface area contributed by atoms with Crippen molar-refractivity contribution >= 4 is 28.6 Å². The maximum atomic E-state index is 14.0. The average Bonchev–Trinajstić information content (AvgIpc) is 3.23. The van der Waals surface area contributed by atoms with Gasteiger partial charge in [0.15, 0.2) is 0 Å². The van der Waals surface area contributed by atoms with Crippen LogP contribution in [0.25, 0.3) is 10.9 Å². The van der Waals surface area contributed by atoms with E-state index in [-0.39, 0.29) is 17.7 Å². The molecule has 2 aliphatic rings. The third kappa shape index (κ3) is 5.18. The Labute approximate surface area is 225 Å². The number of carbonyl (C=O) groups excluding carboxylic acids is 3. The van der Waals surface area contributed by atoms with Gasteiger partial charge < -0.3 is 30.2 Å². The monoisotopic (exact) mass is 525 g/mol. The minimum Gasteiger partial charge on any atom is -0.383 e. The zero-order chi connectivity index (χ0) is 27.4. The second kappa shape index (κ2) is 11.9. The molecule has 0 bridgehead atoms. The Kier molecular flexibility index (Phi) is 8.78. The summed E-state index contributed by atoms with van der Waals surface area (Å²) in [5, 5.41) is 4.15.